The number of piperidine rings is 1. The standard InChI is InChI=1S/C13H24N2O3/c1-13(2,3)18-12(17)15-9-7-6-8-10(15)11(16)14(4)5/h10H,6-9H2,1-5H3. The molecule has 5 heteroatoms. The number of nitrogens with zero attached hydrogens (tertiary/aromatic N) is 2. The summed E-state index contributed by atoms with van der Waals surface area (Å²) in [6.45, 7) is 6.09. The van der Waals surface area contributed by atoms with Gasteiger partial charge in [0.15, 0.2) is 0 Å². The van der Waals surface area contributed by atoms with Crippen LogP contribution in [0.25, 0.3) is 0 Å². The smallest absolute Gasteiger partial charge is 0.410 e. The molecule has 1 unspecified atom stereocenters. The van der Waals surface area contributed by atoms with E-state index in [1.165, 1.54) is 4.90 Å². The van der Waals surface area contributed by atoms with Gasteiger partial charge in [0.2, 0.25) is 5.91 Å². The zero-order valence-corrected chi connectivity index (χ0v) is 12.0. The van der Waals surface area contributed by atoms with Gasteiger partial charge in [-0.05, 0) is 40.0 Å². The van der Waals surface area contributed by atoms with Crippen LogP contribution in [0.1, 0.15) is 40.0 Å². The van der Waals surface area contributed by atoms with Gasteiger partial charge in [-0.1, -0.05) is 0 Å². The van der Waals surface area contributed by atoms with Crippen LogP contribution in [-0.4, -0.2) is 54.1 Å². The van der Waals surface area contributed by atoms with Crippen LogP contribution < -0.4 is 0 Å². The first kappa shape index (κ1) is 14.8. The molecule has 5 nitrogen and oxygen atoms in total. The fourth-order valence-electron chi connectivity index (χ4n) is 2.03. The number of hydrogen-bond acceptors (Lipinski definition) is 3. The average Bonchev–Trinajstić information content (AvgIpc) is 2.25. The number of carbonyl (C=O) groups excluding carboxylic acids is 2. The van der Waals surface area contributed by atoms with Crippen molar-refractivity contribution in [1.29, 1.82) is 0 Å². The first-order valence-electron chi connectivity index (χ1n) is 6.43. The summed E-state index contributed by atoms with van der Waals surface area (Å²) in [4.78, 5) is 27.2. The summed E-state index contributed by atoms with van der Waals surface area (Å²) < 4.78 is 5.35. The third kappa shape index (κ3) is 3.89. The van der Waals surface area contributed by atoms with E-state index in [9.17, 15) is 9.59 Å². The lowest BCUT2D eigenvalue weighted by Crippen LogP contribution is -2.52. The predicted octanol–water partition coefficient (Wildman–Crippen LogP) is 1.86. The molecule has 1 heterocycles. The fraction of sp³-hybridized carbons (Fsp3) is 0.846. The van der Waals surface area contributed by atoms with Crippen molar-refractivity contribution in [2.24, 2.45) is 0 Å². The molecule has 1 atom stereocenters. The highest BCUT2D eigenvalue weighted by molar-refractivity contribution is 5.85. The van der Waals surface area contributed by atoms with Crippen LogP contribution in [0.15, 0.2) is 0 Å². The van der Waals surface area contributed by atoms with Crippen molar-refractivity contribution in [3.05, 3.63) is 0 Å². The van der Waals surface area contributed by atoms with Gasteiger partial charge < -0.3 is 9.64 Å². The largest absolute Gasteiger partial charge is 0.444 e. The lowest BCUT2D eigenvalue weighted by atomic mass is 10.0. The summed E-state index contributed by atoms with van der Waals surface area (Å²) >= 11 is 0. The Kier molecular flexibility index (Phi) is 4.59. The summed E-state index contributed by atoms with van der Waals surface area (Å²) in [5.74, 6) is -0.0273. The van der Waals surface area contributed by atoms with Crippen LogP contribution >= 0.6 is 0 Å². The molecule has 104 valence electrons. The minimum atomic E-state index is -0.528. The van der Waals surface area contributed by atoms with Gasteiger partial charge in [-0.3, -0.25) is 9.69 Å². The van der Waals surface area contributed by atoms with Gasteiger partial charge in [0, 0.05) is 20.6 Å². The lowest BCUT2D eigenvalue weighted by Gasteiger charge is -2.36. The average molecular weight is 256 g/mol. The normalized spacial score (nSPS) is 20.5. The van der Waals surface area contributed by atoms with E-state index in [2.05, 4.69) is 0 Å². The van der Waals surface area contributed by atoms with Crippen LogP contribution in [0.2, 0.25) is 0 Å². The fourth-order valence-corrected chi connectivity index (χ4v) is 2.03. The molecule has 0 saturated carbocycles. The molecule has 0 aliphatic carbocycles. The summed E-state index contributed by atoms with van der Waals surface area (Å²) in [6.07, 6.45) is 2.23. The molecule has 0 aromatic carbocycles. The number of hydrogen-bond donors (Lipinski definition) is 0. The maximum atomic E-state index is 12.1. The van der Waals surface area contributed by atoms with Crippen LogP contribution in [0, 0.1) is 0 Å². The Morgan fingerprint density at radius 2 is 1.83 bits per heavy atom. The van der Waals surface area contributed by atoms with Crippen molar-refractivity contribution in [2.75, 3.05) is 20.6 Å². The van der Waals surface area contributed by atoms with Gasteiger partial charge >= 0.3 is 6.09 Å². The van der Waals surface area contributed by atoms with Crippen LogP contribution in [0.3, 0.4) is 0 Å². The van der Waals surface area contributed by atoms with E-state index in [1.807, 2.05) is 20.8 Å². The quantitative estimate of drug-likeness (QED) is 0.719. The van der Waals surface area contributed by atoms with E-state index in [1.54, 1.807) is 19.0 Å². The third-order valence-electron chi connectivity index (χ3n) is 2.86. The molecule has 0 aromatic rings. The van der Waals surface area contributed by atoms with Gasteiger partial charge in [0.25, 0.3) is 0 Å². The third-order valence-corrected chi connectivity index (χ3v) is 2.86. The molecule has 0 spiro atoms. The summed E-state index contributed by atoms with van der Waals surface area (Å²) in [5.41, 5.74) is -0.528. The molecule has 0 N–H and O–H groups in total. The number of likely N-dealkylation sites (tertiary alicyclic amines) is 1. The number of likely N-dealkylation sites (N-methyl/N-ethyl adjacent to an activating group) is 1. The molecule has 1 saturated heterocycles. The monoisotopic (exact) mass is 256 g/mol. The van der Waals surface area contributed by atoms with E-state index < -0.39 is 5.60 Å². The van der Waals surface area contributed by atoms with E-state index in [0.29, 0.717) is 6.54 Å². The first-order chi connectivity index (χ1) is 8.22. The van der Waals surface area contributed by atoms with Crippen molar-refractivity contribution < 1.29 is 14.3 Å². The van der Waals surface area contributed by atoms with E-state index in [0.717, 1.165) is 19.3 Å². The van der Waals surface area contributed by atoms with Crippen LogP contribution in [0.5, 0.6) is 0 Å². The molecular formula is C13H24N2O3. The second-order valence-corrected chi connectivity index (χ2v) is 5.92. The summed E-state index contributed by atoms with van der Waals surface area (Å²) in [5, 5.41) is 0. The van der Waals surface area contributed by atoms with Crippen molar-refractivity contribution >= 4 is 12.0 Å². The van der Waals surface area contributed by atoms with Gasteiger partial charge in [-0.15, -0.1) is 0 Å². The summed E-state index contributed by atoms with van der Waals surface area (Å²) in [6, 6.07) is -0.372. The Morgan fingerprint density at radius 3 is 2.33 bits per heavy atom. The highest BCUT2D eigenvalue weighted by Crippen LogP contribution is 2.21. The van der Waals surface area contributed by atoms with Gasteiger partial charge in [-0.25, -0.2) is 4.79 Å². The maximum Gasteiger partial charge on any atom is 0.410 e. The van der Waals surface area contributed by atoms with E-state index in [-0.39, 0.29) is 18.0 Å². The Hall–Kier alpha value is -1.26. The number of ether oxygens (including phenoxy) is 1. The maximum absolute atomic E-state index is 12.1. The zero-order chi connectivity index (χ0) is 13.9. The van der Waals surface area contributed by atoms with E-state index in [4.69, 9.17) is 4.74 Å². The SMILES string of the molecule is CN(C)C(=O)C1CCCCN1C(=O)OC(C)(C)C. The Labute approximate surface area is 109 Å². The molecule has 2 amide bonds. The first-order valence-corrected chi connectivity index (χ1v) is 6.43. The number of rotatable bonds is 1. The van der Waals surface area contributed by atoms with Gasteiger partial charge in [0.1, 0.15) is 11.6 Å². The topological polar surface area (TPSA) is 49.9 Å². The molecule has 1 aliphatic rings. The minimum Gasteiger partial charge on any atom is -0.444 e. The molecule has 0 aromatic heterocycles. The second kappa shape index (κ2) is 5.59. The Balaban J connectivity index is 2.76. The predicted molar refractivity (Wildman–Crippen MR) is 69.3 cm³/mol. The molecule has 0 bridgehead atoms. The van der Waals surface area contributed by atoms with E-state index >= 15 is 0 Å². The Bertz CT molecular complexity index is 321. The molecule has 1 rings (SSSR count). The van der Waals surface area contributed by atoms with Crippen LogP contribution in [0.4, 0.5) is 4.79 Å². The van der Waals surface area contributed by atoms with Crippen LogP contribution in [-0.2, 0) is 9.53 Å². The molecular weight excluding hydrogens is 232 g/mol. The van der Waals surface area contributed by atoms with Crippen molar-refractivity contribution in [3.63, 3.8) is 0 Å². The highest BCUT2D eigenvalue weighted by atomic mass is 16.6. The Morgan fingerprint density at radius 1 is 1.22 bits per heavy atom. The van der Waals surface area contributed by atoms with Crippen molar-refractivity contribution in [1.82, 2.24) is 9.80 Å². The van der Waals surface area contributed by atoms with Gasteiger partial charge in [-0.2, -0.15) is 0 Å². The molecule has 1 fully saturated rings. The summed E-state index contributed by atoms with van der Waals surface area (Å²) in [7, 11) is 3.43. The number of amides is 2. The zero-order valence-electron chi connectivity index (χ0n) is 12.0. The van der Waals surface area contributed by atoms with Crippen molar-refractivity contribution in [3.8, 4) is 0 Å². The highest BCUT2D eigenvalue weighted by Gasteiger charge is 2.35. The second-order valence-electron chi connectivity index (χ2n) is 5.92. The molecule has 1 aliphatic heterocycles. The molecule has 0 radical (unpaired) electrons. The molecule has 18 heavy (non-hydrogen) atoms. The number of carbonyl (C=O) groups is 2. The lowest BCUT2D eigenvalue weighted by molar-refractivity contribution is -0.135. The van der Waals surface area contributed by atoms with Gasteiger partial charge in [0.05, 0.1) is 0 Å². The minimum absolute atomic E-state index is 0.0273. The van der Waals surface area contributed by atoms with Crippen molar-refractivity contribution in [2.45, 2.75) is 51.7 Å².